The van der Waals surface area contributed by atoms with Crippen molar-refractivity contribution >= 4 is 0 Å². The van der Waals surface area contributed by atoms with E-state index in [4.69, 9.17) is 0 Å². The first-order chi connectivity index (χ1) is 7.34. The van der Waals surface area contributed by atoms with Crippen molar-refractivity contribution in [2.45, 2.75) is 19.8 Å². The van der Waals surface area contributed by atoms with Gasteiger partial charge in [-0.25, -0.2) is 0 Å². The standard InChI is InChI=1S/C12H25N3/c1-11-8-14-6-7-15(9-11)10-12-2-4-13-5-3-12/h11-14H,2-10H2,1H3. The summed E-state index contributed by atoms with van der Waals surface area (Å²) in [5, 5.41) is 6.95. The van der Waals surface area contributed by atoms with Gasteiger partial charge in [0.15, 0.2) is 0 Å². The lowest BCUT2D eigenvalue weighted by Crippen LogP contribution is -2.38. The van der Waals surface area contributed by atoms with Crippen molar-refractivity contribution in [1.29, 1.82) is 0 Å². The van der Waals surface area contributed by atoms with E-state index in [2.05, 4.69) is 22.5 Å². The normalized spacial score (nSPS) is 31.4. The number of hydrogen-bond acceptors (Lipinski definition) is 3. The summed E-state index contributed by atoms with van der Waals surface area (Å²) in [5.41, 5.74) is 0. The predicted molar refractivity (Wildman–Crippen MR) is 64.1 cm³/mol. The fourth-order valence-electron chi connectivity index (χ4n) is 2.78. The number of nitrogens with zero attached hydrogens (tertiary/aromatic N) is 1. The van der Waals surface area contributed by atoms with Crippen molar-refractivity contribution in [1.82, 2.24) is 15.5 Å². The van der Waals surface area contributed by atoms with Gasteiger partial charge in [-0.1, -0.05) is 6.92 Å². The molecule has 15 heavy (non-hydrogen) atoms. The summed E-state index contributed by atoms with van der Waals surface area (Å²) in [6, 6.07) is 0. The Labute approximate surface area is 93.6 Å². The third-order valence-electron chi connectivity index (χ3n) is 3.64. The first-order valence-electron chi connectivity index (χ1n) is 6.48. The molecule has 2 heterocycles. The van der Waals surface area contributed by atoms with Crippen LogP contribution in [-0.2, 0) is 0 Å². The van der Waals surface area contributed by atoms with Gasteiger partial charge in [-0.2, -0.15) is 0 Å². The molecule has 1 atom stereocenters. The van der Waals surface area contributed by atoms with E-state index in [1.807, 2.05) is 0 Å². The molecule has 1 unspecified atom stereocenters. The second kappa shape index (κ2) is 5.83. The maximum Gasteiger partial charge on any atom is 0.0107 e. The molecule has 2 N–H and O–H groups in total. The van der Waals surface area contributed by atoms with Gasteiger partial charge < -0.3 is 15.5 Å². The minimum absolute atomic E-state index is 0.814. The van der Waals surface area contributed by atoms with Crippen molar-refractivity contribution < 1.29 is 0 Å². The van der Waals surface area contributed by atoms with E-state index in [1.54, 1.807) is 0 Å². The maximum atomic E-state index is 3.51. The Morgan fingerprint density at radius 1 is 1.13 bits per heavy atom. The molecule has 0 aromatic heterocycles. The summed E-state index contributed by atoms with van der Waals surface area (Å²) < 4.78 is 0. The van der Waals surface area contributed by atoms with Crippen LogP contribution in [0, 0.1) is 11.8 Å². The summed E-state index contributed by atoms with van der Waals surface area (Å²) in [6.07, 6.45) is 2.75. The van der Waals surface area contributed by atoms with Gasteiger partial charge in [0.1, 0.15) is 0 Å². The van der Waals surface area contributed by atoms with E-state index < -0.39 is 0 Å². The molecule has 0 amide bonds. The summed E-state index contributed by atoms with van der Waals surface area (Å²) in [4.78, 5) is 2.67. The van der Waals surface area contributed by atoms with Crippen LogP contribution in [0.15, 0.2) is 0 Å². The topological polar surface area (TPSA) is 27.3 Å². The molecule has 3 heteroatoms. The Morgan fingerprint density at radius 2 is 1.93 bits per heavy atom. The van der Waals surface area contributed by atoms with Crippen LogP contribution >= 0.6 is 0 Å². The third kappa shape index (κ3) is 3.74. The van der Waals surface area contributed by atoms with Gasteiger partial charge in [0.2, 0.25) is 0 Å². The largest absolute Gasteiger partial charge is 0.317 e. The molecule has 2 aliphatic heterocycles. The highest BCUT2D eigenvalue weighted by molar-refractivity contribution is 4.76. The molecule has 2 rings (SSSR count). The second-order valence-corrected chi connectivity index (χ2v) is 5.26. The maximum absolute atomic E-state index is 3.51. The summed E-state index contributed by atoms with van der Waals surface area (Å²) in [6.45, 7) is 11.0. The number of hydrogen-bond donors (Lipinski definition) is 2. The monoisotopic (exact) mass is 211 g/mol. The van der Waals surface area contributed by atoms with Crippen LogP contribution in [0.1, 0.15) is 19.8 Å². The second-order valence-electron chi connectivity index (χ2n) is 5.26. The molecule has 2 fully saturated rings. The zero-order chi connectivity index (χ0) is 10.5. The Kier molecular flexibility index (Phi) is 4.42. The average molecular weight is 211 g/mol. The van der Waals surface area contributed by atoms with Crippen molar-refractivity contribution in [3.8, 4) is 0 Å². The van der Waals surface area contributed by atoms with Gasteiger partial charge in [0.25, 0.3) is 0 Å². The van der Waals surface area contributed by atoms with Crippen molar-refractivity contribution in [3.05, 3.63) is 0 Å². The SMILES string of the molecule is CC1CNCCN(CC2CCNCC2)C1. The zero-order valence-electron chi connectivity index (χ0n) is 9.97. The smallest absolute Gasteiger partial charge is 0.0107 e. The van der Waals surface area contributed by atoms with Crippen molar-refractivity contribution in [3.63, 3.8) is 0 Å². The number of rotatable bonds is 2. The van der Waals surface area contributed by atoms with Crippen molar-refractivity contribution in [2.75, 3.05) is 45.8 Å². The van der Waals surface area contributed by atoms with Crippen LogP contribution in [0.2, 0.25) is 0 Å². The van der Waals surface area contributed by atoms with E-state index in [1.165, 1.54) is 58.7 Å². The predicted octanol–water partition coefficient (Wildman–Crippen LogP) is 0.527. The highest BCUT2D eigenvalue weighted by atomic mass is 15.2. The van der Waals surface area contributed by atoms with Gasteiger partial charge in [-0.05, 0) is 44.3 Å². The van der Waals surface area contributed by atoms with Gasteiger partial charge in [0, 0.05) is 26.2 Å². The van der Waals surface area contributed by atoms with Crippen molar-refractivity contribution in [2.24, 2.45) is 11.8 Å². The quantitative estimate of drug-likeness (QED) is 0.697. The lowest BCUT2D eigenvalue weighted by molar-refractivity contribution is 0.201. The van der Waals surface area contributed by atoms with Crippen LogP contribution in [-0.4, -0.2) is 50.7 Å². The first kappa shape index (κ1) is 11.4. The molecular weight excluding hydrogens is 186 g/mol. The molecule has 0 spiro atoms. The number of piperidine rings is 1. The Hall–Kier alpha value is -0.120. The molecule has 0 aromatic rings. The molecule has 88 valence electrons. The average Bonchev–Trinajstić information content (AvgIpc) is 2.44. The summed E-state index contributed by atoms with van der Waals surface area (Å²) >= 11 is 0. The fourth-order valence-corrected chi connectivity index (χ4v) is 2.78. The van der Waals surface area contributed by atoms with Crippen LogP contribution in [0.5, 0.6) is 0 Å². The van der Waals surface area contributed by atoms with Crippen LogP contribution in [0.4, 0.5) is 0 Å². The fraction of sp³-hybridized carbons (Fsp3) is 1.00. The molecule has 0 aromatic carbocycles. The molecule has 2 aliphatic rings. The molecule has 2 saturated heterocycles. The molecular formula is C12H25N3. The van der Waals surface area contributed by atoms with Crippen LogP contribution < -0.4 is 10.6 Å². The summed E-state index contributed by atoms with van der Waals surface area (Å²) in [5.74, 6) is 1.76. The first-order valence-corrected chi connectivity index (χ1v) is 6.48. The van der Waals surface area contributed by atoms with Gasteiger partial charge in [-0.3, -0.25) is 0 Å². The Balaban J connectivity index is 1.76. The van der Waals surface area contributed by atoms with E-state index in [-0.39, 0.29) is 0 Å². The molecule has 0 aliphatic carbocycles. The Bertz CT molecular complexity index is 178. The van der Waals surface area contributed by atoms with E-state index >= 15 is 0 Å². The molecule has 0 saturated carbocycles. The van der Waals surface area contributed by atoms with Gasteiger partial charge in [-0.15, -0.1) is 0 Å². The minimum Gasteiger partial charge on any atom is -0.317 e. The number of nitrogens with one attached hydrogen (secondary N) is 2. The van der Waals surface area contributed by atoms with E-state index in [9.17, 15) is 0 Å². The highest BCUT2D eigenvalue weighted by Gasteiger charge is 2.19. The van der Waals surface area contributed by atoms with E-state index in [0.29, 0.717) is 0 Å². The van der Waals surface area contributed by atoms with Gasteiger partial charge >= 0.3 is 0 Å². The third-order valence-corrected chi connectivity index (χ3v) is 3.64. The van der Waals surface area contributed by atoms with Crippen LogP contribution in [0.25, 0.3) is 0 Å². The highest BCUT2D eigenvalue weighted by Crippen LogP contribution is 2.14. The van der Waals surface area contributed by atoms with Crippen LogP contribution in [0.3, 0.4) is 0 Å². The lowest BCUT2D eigenvalue weighted by atomic mass is 9.97. The Morgan fingerprint density at radius 3 is 2.73 bits per heavy atom. The zero-order valence-corrected chi connectivity index (χ0v) is 9.97. The molecule has 0 bridgehead atoms. The molecule has 0 radical (unpaired) electrons. The molecule has 3 nitrogen and oxygen atoms in total. The lowest BCUT2D eigenvalue weighted by Gasteiger charge is -2.30. The summed E-state index contributed by atoms with van der Waals surface area (Å²) in [7, 11) is 0. The van der Waals surface area contributed by atoms with Gasteiger partial charge in [0.05, 0.1) is 0 Å². The minimum atomic E-state index is 0.814. The van der Waals surface area contributed by atoms with E-state index in [0.717, 1.165) is 11.8 Å².